The first-order chi connectivity index (χ1) is 9.34. The number of rotatable bonds is 8. The molecule has 0 spiro atoms. The minimum atomic E-state index is -0.816. The molecule has 5 heteroatoms. The van der Waals surface area contributed by atoms with Crippen LogP contribution in [-0.4, -0.2) is 61.6 Å². The molecule has 0 aliphatic carbocycles. The Bertz CT molecular complexity index is 391. The van der Waals surface area contributed by atoms with E-state index in [4.69, 9.17) is 4.74 Å². The molecule has 1 aromatic rings. The quantitative estimate of drug-likeness (QED) is 0.653. The van der Waals surface area contributed by atoms with E-state index in [9.17, 15) is 10.2 Å². The van der Waals surface area contributed by atoms with Crippen LogP contribution in [0, 0.1) is 0 Å². The van der Waals surface area contributed by atoms with Gasteiger partial charge in [0.15, 0.2) is 0 Å². The Kier molecular flexibility index (Phi) is 6.42. The summed E-state index contributed by atoms with van der Waals surface area (Å²) in [5, 5.41) is 23.3. The first-order valence-electron chi connectivity index (χ1n) is 6.74. The summed E-state index contributed by atoms with van der Waals surface area (Å²) in [7, 11) is 5.45. The van der Waals surface area contributed by atoms with Crippen molar-refractivity contribution in [3.05, 3.63) is 29.8 Å². The average Bonchev–Trinajstić information content (AvgIpc) is 2.37. The van der Waals surface area contributed by atoms with Gasteiger partial charge in [-0.1, -0.05) is 12.1 Å². The van der Waals surface area contributed by atoms with Crippen molar-refractivity contribution >= 4 is 0 Å². The molecule has 0 aliphatic rings. The summed E-state index contributed by atoms with van der Waals surface area (Å²) in [6, 6.07) is 7.31. The summed E-state index contributed by atoms with van der Waals surface area (Å²) in [5.41, 5.74) is 0.00824. The van der Waals surface area contributed by atoms with E-state index in [1.165, 1.54) is 0 Å². The van der Waals surface area contributed by atoms with Crippen LogP contribution < -0.4 is 10.1 Å². The number of benzene rings is 1. The van der Waals surface area contributed by atoms with Gasteiger partial charge in [0, 0.05) is 19.6 Å². The SMILES string of the molecule is COc1ccc(C(O)CNCC(C)(O)CN(C)C)cc1. The highest BCUT2D eigenvalue weighted by molar-refractivity contribution is 5.28. The third-order valence-electron chi connectivity index (χ3n) is 3.00. The van der Waals surface area contributed by atoms with Gasteiger partial charge in [-0.05, 0) is 38.7 Å². The van der Waals surface area contributed by atoms with E-state index in [1.807, 2.05) is 43.3 Å². The second kappa shape index (κ2) is 7.59. The van der Waals surface area contributed by atoms with Gasteiger partial charge in [-0.2, -0.15) is 0 Å². The van der Waals surface area contributed by atoms with E-state index in [0.717, 1.165) is 11.3 Å². The standard InChI is InChI=1S/C15H26N2O3/c1-15(19,11-17(2)3)10-16-9-14(18)12-5-7-13(20-4)8-6-12/h5-8,14,16,18-19H,9-11H2,1-4H3. The zero-order valence-corrected chi connectivity index (χ0v) is 12.8. The molecule has 0 saturated carbocycles. The maximum Gasteiger partial charge on any atom is 0.118 e. The van der Waals surface area contributed by atoms with Gasteiger partial charge in [0.1, 0.15) is 5.75 Å². The van der Waals surface area contributed by atoms with E-state index >= 15 is 0 Å². The summed E-state index contributed by atoms with van der Waals surface area (Å²) in [4.78, 5) is 1.93. The lowest BCUT2D eigenvalue weighted by Crippen LogP contribution is -2.46. The fourth-order valence-electron chi connectivity index (χ4n) is 2.16. The van der Waals surface area contributed by atoms with Crippen molar-refractivity contribution in [3.63, 3.8) is 0 Å². The van der Waals surface area contributed by atoms with E-state index < -0.39 is 11.7 Å². The molecule has 3 N–H and O–H groups in total. The highest BCUT2D eigenvalue weighted by atomic mass is 16.5. The summed E-state index contributed by atoms with van der Waals surface area (Å²) in [6.07, 6.45) is -0.601. The van der Waals surface area contributed by atoms with E-state index in [1.54, 1.807) is 14.0 Å². The van der Waals surface area contributed by atoms with Gasteiger partial charge in [0.2, 0.25) is 0 Å². The summed E-state index contributed by atoms with van der Waals surface area (Å²) >= 11 is 0. The maximum absolute atomic E-state index is 10.1. The molecule has 0 saturated heterocycles. The van der Waals surface area contributed by atoms with Crippen LogP contribution in [0.4, 0.5) is 0 Å². The predicted octanol–water partition coefficient (Wildman–Crippen LogP) is 0.631. The third-order valence-corrected chi connectivity index (χ3v) is 3.00. The zero-order valence-electron chi connectivity index (χ0n) is 12.8. The fraction of sp³-hybridized carbons (Fsp3) is 0.600. The molecule has 0 fully saturated rings. The Labute approximate surface area is 121 Å². The van der Waals surface area contributed by atoms with E-state index in [-0.39, 0.29) is 0 Å². The molecule has 0 aromatic heterocycles. The van der Waals surface area contributed by atoms with Crippen molar-refractivity contribution in [2.75, 3.05) is 40.8 Å². The molecule has 5 nitrogen and oxygen atoms in total. The molecule has 1 aromatic carbocycles. The number of ether oxygens (including phenoxy) is 1. The van der Waals surface area contributed by atoms with Gasteiger partial charge in [0.05, 0.1) is 18.8 Å². The summed E-state index contributed by atoms with van der Waals surface area (Å²) in [6.45, 7) is 3.17. The second-order valence-corrected chi connectivity index (χ2v) is 5.65. The molecular weight excluding hydrogens is 256 g/mol. The van der Waals surface area contributed by atoms with Gasteiger partial charge in [-0.15, -0.1) is 0 Å². The van der Waals surface area contributed by atoms with Crippen LogP contribution in [0.2, 0.25) is 0 Å². The number of likely N-dealkylation sites (N-methyl/N-ethyl adjacent to an activating group) is 1. The molecule has 0 amide bonds. The largest absolute Gasteiger partial charge is 0.497 e. The van der Waals surface area contributed by atoms with Gasteiger partial charge < -0.3 is 25.2 Å². The fourth-order valence-corrected chi connectivity index (χ4v) is 2.16. The van der Waals surface area contributed by atoms with Crippen LogP contribution in [0.25, 0.3) is 0 Å². The van der Waals surface area contributed by atoms with Gasteiger partial charge in [0.25, 0.3) is 0 Å². The molecule has 0 aliphatic heterocycles. The van der Waals surface area contributed by atoms with Crippen LogP contribution in [0.15, 0.2) is 24.3 Å². The number of aliphatic hydroxyl groups excluding tert-OH is 1. The van der Waals surface area contributed by atoms with Crippen LogP contribution in [0.3, 0.4) is 0 Å². The minimum absolute atomic E-state index is 0.399. The highest BCUT2D eigenvalue weighted by Crippen LogP contribution is 2.17. The Hall–Kier alpha value is -1.14. The molecule has 0 bridgehead atoms. The topological polar surface area (TPSA) is 65.0 Å². The lowest BCUT2D eigenvalue weighted by Gasteiger charge is -2.27. The smallest absolute Gasteiger partial charge is 0.118 e. The number of hydrogen-bond acceptors (Lipinski definition) is 5. The van der Waals surface area contributed by atoms with E-state index in [0.29, 0.717) is 19.6 Å². The number of methoxy groups -OCH3 is 1. The van der Waals surface area contributed by atoms with Crippen LogP contribution in [0.5, 0.6) is 5.75 Å². The molecular formula is C15H26N2O3. The monoisotopic (exact) mass is 282 g/mol. The minimum Gasteiger partial charge on any atom is -0.497 e. The molecule has 2 unspecified atom stereocenters. The first-order valence-corrected chi connectivity index (χ1v) is 6.74. The van der Waals surface area contributed by atoms with Crippen molar-refractivity contribution in [2.45, 2.75) is 18.6 Å². The normalized spacial score (nSPS) is 15.9. The third kappa shape index (κ3) is 5.88. The summed E-state index contributed by atoms with van der Waals surface area (Å²) in [5.74, 6) is 0.767. The predicted molar refractivity (Wildman–Crippen MR) is 80.0 cm³/mol. The van der Waals surface area contributed by atoms with Gasteiger partial charge >= 0.3 is 0 Å². The van der Waals surface area contributed by atoms with Crippen molar-refractivity contribution < 1.29 is 14.9 Å². The first kappa shape index (κ1) is 16.9. The Balaban J connectivity index is 2.40. The van der Waals surface area contributed by atoms with Crippen LogP contribution in [-0.2, 0) is 0 Å². The lowest BCUT2D eigenvalue weighted by atomic mass is 10.1. The zero-order chi connectivity index (χ0) is 15.2. The number of hydrogen-bond donors (Lipinski definition) is 3. The number of nitrogens with zero attached hydrogens (tertiary/aromatic N) is 1. The molecule has 1 rings (SSSR count). The highest BCUT2D eigenvalue weighted by Gasteiger charge is 2.21. The molecule has 0 heterocycles. The van der Waals surface area contributed by atoms with Gasteiger partial charge in [-0.25, -0.2) is 0 Å². The van der Waals surface area contributed by atoms with Crippen molar-refractivity contribution in [1.82, 2.24) is 10.2 Å². The van der Waals surface area contributed by atoms with Crippen LogP contribution >= 0.6 is 0 Å². The van der Waals surface area contributed by atoms with Crippen molar-refractivity contribution in [1.29, 1.82) is 0 Å². The molecule has 20 heavy (non-hydrogen) atoms. The van der Waals surface area contributed by atoms with Crippen molar-refractivity contribution in [3.8, 4) is 5.75 Å². The Morgan fingerprint density at radius 3 is 2.40 bits per heavy atom. The van der Waals surface area contributed by atoms with Gasteiger partial charge in [-0.3, -0.25) is 0 Å². The molecule has 114 valence electrons. The Morgan fingerprint density at radius 2 is 1.90 bits per heavy atom. The maximum atomic E-state index is 10.1. The number of nitrogens with one attached hydrogen (secondary N) is 1. The van der Waals surface area contributed by atoms with Crippen LogP contribution in [0.1, 0.15) is 18.6 Å². The molecule has 2 atom stereocenters. The summed E-state index contributed by atoms with van der Waals surface area (Å²) < 4.78 is 5.08. The second-order valence-electron chi connectivity index (χ2n) is 5.65. The van der Waals surface area contributed by atoms with E-state index in [2.05, 4.69) is 5.32 Å². The Morgan fingerprint density at radius 1 is 1.30 bits per heavy atom. The lowest BCUT2D eigenvalue weighted by molar-refractivity contribution is 0.0308. The number of aliphatic hydroxyl groups is 2. The average molecular weight is 282 g/mol. The van der Waals surface area contributed by atoms with Crippen molar-refractivity contribution in [2.24, 2.45) is 0 Å². The molecule has 0 radical (unpaired) electrons.